The van der Waals surface area contributed by atoms with Gasteiger partial charge in [-0.15, -0.1) is 0 Å². The molecule has 1 aliphatic rings. The SMILES string of the molecule is COc1ccc([C@H](CC(=O)N2CCN(C(c3ccccc3)c3ccccc3)CC2)N(C)S(=O)(=O)c2ccccc2)cc1. The van der Waals surface area contributed by atoms with Crippen LogP contribution >= 0.6 is 0 Å². The normalized spacial score (nSPS) is 15.1. The van der Waals surface area contributed by atoms with Gasteiger partial charge in [0.25, 0.3) is 0 Å². The average Bonchev–Trinajstić information content (AvgIpc) is 3.05. The topological polar surface area (TPSA) is 70.2 Å². The van der Waals surface area contributed by atoms with Crippen LogP contribution in [-0.4, -0.2) is 68.8 Å². The number of nitrogens with zero attached hydrogens (tertiary/aromatic N) is 3. The molecule has 42 heavy (non-hydrogen) atoms. The average molecular weight is 584 g/mol. The number of ether oxygens (including phenoxy) is 1. The molecule has 7 nitrogen and oxygen atoms in total. The molecule has 0 unspecified atom stereocenters. The van der Waals surface area contributed by atoms with Crippen molar-refractivity contribution in [1.29, 1.82) is 0 Å². The summed E-state index contributed by atoms with van der Waals surface area (Å²) in [6.07, 6.45) is 0.0374. The molecular weight excluding hydrogens is 546 g/mol. The fourth-order valence-electron chi connectivity index (χ4n) is 5.62. The van der Waals surface area contributed by atoms with E-state index in [0.29, 0.717) is 31.9 Å². The van der Waals surface area contributed by atoms with Crippen LogP contribution in [0.2, 0.25) is 0 Å². The molecule has 1 amide bonds. The molecule has 0 radical (unpaired) electrons. The lowest BCUT2D eigenvalue weighted by molar-refractivity contribution is -0.134. The number of methoxy groups -OCH3 is 1. The minimum absolute atomic E-state index is 0.0374. The molecule has 4 aromatic rings. The maximum atomic E-state index is 13.8. The molecule has 4 aromatic carbocycles. The van der Waals surface area contributed by atoms with Crippen LogP contribution in [0.5, 0.6) is 5.75 Å². The van der Waals surface area contributed by atoms with E-state index in [2.05, 4.69) is 53.4 Å². The van der Waals surface area contributed by atoms with Crippen molar-refractivity contribution < 1.29 is 17.9 Å². The van der Waals surface area contributed by atoms with E-state index in [9.17, 15) is 13.2 Å². The summed E-state index contributed by atoms with van der Waals surface area (Å²) in [4.78, 5) is 18.2. The Balaban J connectivity index is 1.34. The van der Waals surface area contributed by atoms with E-state index in [-0.39, 0.29) is 23.3 Å². The van der Waals surface area contributed by atoms with Crippen LogP contribution in [-0.2, 0) is 14.8 Å². The van der Waals surface area contributed by atoms with Gasteiger partial charge < -0.3 is 9.64 Å². The summed E-state index contributed by atoms with van der Waals surface area (Å²) < 4.78 is 33.8. The second kappa shape index (κ2) is 13.3. The summed E-state index contributed by atoms with van der Waals surface area (Å²) in [6, 6.07) is 35.9. The van der Waals surface area contributed by atoms with Crippen LogP contribution in [0.4, 0.5) is 0 Å². The second-order valence-electron chi connectivity index (χ2n) is 10.5. The smallest absolute Gasteiger partial charge is 0.243 e. The Labute approximate surface area is 249 Å². The molecule has 0 bridgehead atoms. The quantitative estimate of drug-likeness (QED) is 0.251. The van der Waals surface area contributed by atoms with E-state index >= 15 is 0 Å². The first kappa shape index (κ1) is 29.5. The molecule has 1 atom stereocenters. The number of rotatable bonds is 10. The highest BCUT2D eigenvalue weighted by molar-refractivity contribution is 7.89. The highest BCUT2D eigenvalue weighted by Gasteiger charge is 2.34. The van der Waals surface area contributed by atoms with Crippen molar-refractivity contribution >= 4 is 15.9 Å². The van der Waals surface area contributed by atoms with Gasteiger partial charge in [-0.05, 0) is 41.0 Å². The zero-order valence-corrected chi connectivity index (χ0v) is 24.9. The zero-order chi connectivity index (χ0) is 29.5. The van der Waals surface area contributed by atoms with Gasteiger partial charge >= 0.3 is 0 Å². The van der Waals surface area contributed by atoms with E-state index in [4.69, 9.17) is 4.74 Å². The van der Waals surface area contributed by atoms with Gasteiger partial charge in [0.1, 0.15) is 5.75 Å². The van der Waals surface area contributed by atoms with Gasteiger partial charge in [0.2, 0.25) is 15.9 Å². The van der Waals surface area contributed by atoms with E-state index < -0.39 is 16.1 Å². The molecule has 1 fully saturated rings. The van der Waals surface area contributed by atoms with Crippen LogP contribution in [0.15, 0.2) is 120 Å². The van der Waals surface area contributed by atoms with Gasteiger partial charge in [-0.3, -0.25) is 9.69 Å². The lowest BCUT2D eigenvalue weighted by atomic mass is 9.96. The molecule has 1 heterocycles. The Bertz CT molecular complexity index is 1500. The van der Waals surface area contributed by atoms with Gasteiger partial charge in [0, 0.05) is 39.6 Å². The number of carbonyl (C=O) groups excluding carboxylic acids is 1. The lowest BCUT2D eigenvalue weighted by Gasteiger charge is -2.40. The maximum absolute atomic E-state index is 13.8. The lowest BCUT2D eigenvalue weighted by Crippen LogP contribution is -2.50. The van der Waals surface area contributed by atoms with Gasteiger partial charge in [-0.25, -0.2) is 8.42 Å². The molecule has 0 spiro atoms. The Morgan fingerprint density at radius 3 is 1.74 bits per heavy atom. The molecule has 218 valence electrons. The molecule has 1 aliphatic heterocycles. The fourth-order valence-corrected chi connectivity index (χ4v) is 6.98. The summed E-state index contributed by atoms with van der Waals surface area (Å²) in [7, 11) is -0.703. The third kappa shape index (κ3) is 6.57. The summed E-state index contributed by atoms with van der Waals surface area (Å²) in [5.74, 6) is 0.599. The second-order valence-corrected chi connectivity index (χ2v) is 12.5. The molecule has 1 saturated heterocycles. The molecule has 0 saturated carbocycles. The number of benzene rings is 4. The fraction of sp³-hybridized carbons (Fsp3) is 0.265. The molecule has 0 N–H and O–H groups in total. The Morgan fingerprint density at radius 1 is 0.738 bits per heavy atom. The monoisotopic (exact) mass is 583 g/mol. The number of sulfonamides is 1. The van der Waals surface area contributed by atoms with Gasteiger partial charge in [-0.2, -0.15) is 4.31 Å². The van der Waals surface area contributed by atoms with Crippen molar-refractivity contribution in [1.82, 2.24) is 14.1 Å². The largest absolute Gasteiger partial charge is 0.497 e. The molecule has 0 aromatic heterocycles. The number of piperazine rings is 1. The number of hydrogen-bond acceptors (Lipinski definition) is 5. The highest BCUT2D eigenvalue weighted by Crippen LogP contribution is 2.32. The highest BCUT2D eigenvalue weighted by atomic mass is 32.2. The number of amides is 1. The van der Waals surface area contributed by atoms with Crippen molar-refractivity contribution in [3.05, 3.63) is 132 Å². The van der Waals surface area contributed by atoms with Crippen molar-refractivity contribution in [2.45, 2.75) is 23.4 Å². The number of hydrogen-bond donors (Lipinski definition) is 0. The summed E-state index contributed by atoms with van der Waals surface area (Å²) in [6.45, 7) is 2.57. The van der Waals surface area contributed by atoms with E-state index in [1.54, 1.807) is 56.6 Å². The van der Waals surface area contributed by atoms with Crippen LogP contribution < -0.4 is 4.74 Å². The van der Waals surface area contributed by atoms with Crippen LogP contribution in [0.1, 0.15) is 35.2 Å². The molecule has 0 aliphatic carbocycles. The standard InChI is InChI=1S/C34H37N3O4S/c1-35(42(39,40)31-16-10-5-11-17-31)32(27-18-20-30(41-2)21-19-27)26-33(38)36-22-24-37(25-23-36)34(28-12-6-3-7-13-28)29-14-8-4-9-15-29/h3-21,32,34H,22-26H2,1-2H3/t32-/m0/s1. The zero-order valence-electron chi connectivity index (χ0n) is 24.0. The Kier molecular flexibility index (Phi) is 9.37. The third-order valence-corrected chi connectivity index (χ3v) is 9.87. The Hall–Kier alpha value is -3.98. The first-order chi connectivity index (χ1) is 20.4. The first-order valence-corrected chi connectivity index (χ1v) is 15.6. The minimum atomic E-state index is -3.84. The predicted octanol–water partition coefficient (Wildman–Crippen LogP) is 5.38. The summed E-state index contributed by atoms with van der Waals surface area (Å²) in [5.41, 5.74) is 3.17. The van der Waals surface area contributed by atoms with E-state index in [1.165, 1.54) is 15.4 Å². The number of carbonyl (C=O) groups is 1. The maximum Gasteiger partial charge on any atom is 0.243 e. The summed E-state index contributed by atoms with van der Waals surface area (Å²) in [5, 5.41) is 0. The Morgan fingerprint density at radius 2 is 1.24 bits per heavy atom. The van der Waals surface area contributed by atoms with Gasteiger partial charge in [0.05, 0.1) is 24.1 Å². The first-order valence-electron chi connectivity index (χ1n) is 14.2. The molecule has 5 rings (SSSR count). The van der Waals surface area contributed by atoms with Crippen LogP contribution in [0, 0.1) is 0 Å². The molecular formula is C34H37N3O4S. The van der Waals surface area contributed by atoms with Crippen molar-refractivity contribution in [2.24, 2.45) is 0 Å². The van der Waals surface area contributed by atoms with Gasteiger partial charge in [0.15, 0.2) is 0 Å². The van der Waals surface area contributed by atoms with Crippen LogP contribution in [0.25, 0.3) is 0 Å². The van der Waals surface area contributed by atoms with Crippen molar-refractivity contribution in [3.8, 4) is 5.75 Å². The predicted molar refractivity (Wildman–Crippen MR) is 165 cm³/mol. The minimum Gasteiger partial charge on any atom is -0.497 e. The van der Waals surface area contributed by atoms with Crippen molar-refractivity contribution in [2.75, 3.05) is 40.3 Å². The van der Waals surface area contributed by atoms with Gasteiger partial charge in [-0.1, -0.05) is 91.0 Å². The van der Waals surface area contributed by atoms with E-state index in [0.717, 1.165) is 5.56 Å². The van der Waals surface area contributed by atoms with Crippen LogP contribution in [0.3, 0.4) is 0 Å². The van der Waals surface area contributed by atoms with Crippen molar-refractivity contribution in [3.63, 3.8) is 0 Å². The third-order valence-electron chi connectivity index (χ3n) is 7.99. The molecule has 8 heteroatoms. The summed E-state index contributed by atoms with van der Waals surface area (Å²) >= 11 is 0. The van der Waals surface area contributed by atoms with E-state index in [1.807, 2.05) is 29.2 Å².